The second-order valence-corrected chi connectivity index (χ2v) is 35.8. The van der Waals surface area contributed by atoms with Gasteiger partial charge in [-0.3, -0.25) is 19.4 Å². The maximum Gasteiger partial charge on any atom is 0.242 e. The summed E-state index contributed by atoms with van der Waals surface area (Å²) in [4.78, 5) is 42.0. The van der Waals surface area contributed by atoms with E-state index in [9.17, 15) is 9.59 Å². The third-order valence-corrected chi connectivity index (χ3v) is 24.6. The van der Waals surface area contributed by atoms with E-state index >= 15 is 0 Å². The highest BCUT2D eigenvalue weighted by atomic mass is 16.2. The summed E-state index contributed by atoms with van der Waals surface area (Å²) in [7, 11) is 0. The van der Waals surface area contributed by atoms with Crippen LogP contribution in [-0.4, -0.2) is 172 Å². The van der Waals surface area contributed by atoms with Gasteiger partial charge in [-0.2, -0.15) is 0 Å². The summed E-state index contributed by atoms with van der Waals surface area (Å²) >= 11 is 0. The molecule has 2 aliphatic heterocycles. The van der Waals surface area contributed by atoms with Crippen molar-refractivity contribution in [2.75, 3.05) is 131 Å². The monoisotopic (exact) mass is 1620 g/mol. The molecule has 2 saturated heterocycles. The van der Waals surface area contributed by atoms with Gasteiger partial charge in [0.1, 0.15) is 0 Å². The zero-order valence-corrected chi connectivity index (χ0v) is 79.2. The Hall–Kier alpha value is -2.86. The van der Waals surface area contributed by atoms with Crippen molar-refractivity contribution in [2.45, 2.75) is 465 Å². The minimum Gasteiger partial charge on any atom is -0.339 e. The Balaban J connectivity index is 0.00000120. The molecule has 2 rings (SSSR count). The predicted octanol–water partition coefficient (Wildman–Crippen LogP) is 29.2. The fourth-order valence-corrected chi connectivity index (χ4v) is 16.6. The number of nitrogens with zero attached hydrogens (tertiary/aromatic N) is 6. The molecule has 0 aromatic carbocycles. The van der Waals surface area contributed by atoms with Gasteiger partial charge in [0.15, 0.2) is 0 Å². The summed E-state index contributed by atoms with van der Waals surface area (Å²) in [5.41, 5.74) is 0. The van der Waals surface area contributed by atoms with Crippen molar-refractivity contribution in [1.29, 1.82) is 0 Å². The largest absolute Gasteiger partial charge is 0.339 e. The first-order chi connectivity index (χ1) is 57.4. The van der Waals surface area contributed by atoms with E-state index < -0.39 is 0 Å². The Labute approximate surface area is 726 Å². The molecule has 0 bridgehead atoms. The van der Waals surface area contributed by atoms with Crippen LogP contribution in [0.2, 0.25) is 0 Å². The Kier molecular flexibility index (Phi) is 90.4. The second-order valence-electron chi connectivity index (χ2n) is 35.8. The molecule has 10 heteroatoms. The topological polar surface area (TPSA) is 77.6 Å². The maximum atomic E-state index is 13.9. The van der Waals surface area contributed by atoms with E-state index in [1.54, 1.807) is 0 Å². The number of carbonyl (C=O) groups excluding carboxylic acids is 2. The maximum absolute atomic E-state index is 13.9. The fraction of sp³-hybridized carbons (Fsp3) is 0.868. The molecule has 0 radical (unpaired) electrons. The van der Waals surface area contributed by atoms with E-state index in [-0.39, 0.29) is 18.4 Å². The van der Waals surface area contributed by atoms with Crippen LogP contribution in [0.1, 0.15) is 465 Å². The lowest BCUT2D eigenvalue weighted by molar-refractivity contribution is -0.141. The highest BCUT2D eigenvalue weighted by Gasteiger charge is 2.24. The van der Waals surface area contributed by atoms with Crippen LogP contribution in [0.25, 0.3) is 0 Å². The number of hydrogen-bond acceptors (Lipinski definition) is 8. The molecule has 0 atom stereocenters. The van der Waals surface area contributed by atoms with Crippen molar-refractivity contribution >= 4 is 11.8 Å². The molecule has 2 aliphatic rings. The van der Waals surface area contributed by atoms with Gasteiger partial charge in [-0.1, -0.05) is 403 Å². The van der Waals surface area contributed by atoms with Crippen molar-refractivity contribution in [2.24, 2.45) is 0 Å². The lowest BCUT2D eigenvalue weighted by Crippen LogP contribution is -2.51. The van der Waals surface area contributed by atoms with Crippen LogP contribution in [-0.2, 0) is 9.59 Å². The first-order valence-corrected chi connectivity index (χ1v) is 52.2. The molecule has 0 aromatic rings. The van der Waals surface area contributed by atoms with Crippen LogP contribution in [0.4, 0.5) is 0 Å². The molecule has 0 unspecified atom stereocenters. The van der Waals surface area contributed by atoms with Crippen LogP contribution in [0.15, 0.2) is 72.9 Å². The standard InChI is InChI=1S/C62H116N4.C44H88N4O2/c1-4-7-10-13-16-19-22-25-28-31-34-37-40-43-46-49-54-64(55-50-47-44-41-38-35-32-29-26-23-20-17-14-11-8-5-2)59-60-65(61-62-66-57-52-63-53-58-66)56-51-48-45-42-39-36-33-30-27-24-21-18-15-12-9-6-3;1-4-7-10-13-16-19-22-25-28-31-36-46(37-32-29-26-23-20-17-14-11-8-5-2)41-43(49)48(42-44(50)47-39-34-45-35-40-47)38-33-30-27-24-21-18-15-12-9-6-3/h16-21,25-30,63H,4-15,22-24,31-62H2,1-3H3;45H,4-42H2,1-3H3/b19-16-,20-17-,21-18-,28-25-,29-26-,30-27-;. The lowest BCUT2D eigenvalue weighted by atomic mass is 10.1. The van der Waals surface area contributed by atoms with Gasteiger partial charge < -0.3 is 30.2 Å². The SMILES string of the molecule is CCCCC/C=C\C/C=C\CCCCCCCCN(CCCCCCCC/C=C\C/C=C\CCCCC)CCN(CCCCCCCC/C=C\C/C=C\CCCCC)CCN1CCNCC1.CCCCCCCCCCCCN(CCCCCCCCCCCC)CC(=O)N(CCCCCCCCCCCC)CC(=O)N1CCNCC1. The summed E-state index contributed by atoms with van der Waals surface area (Å²) in [6.07, 6.45) is 116. The summed E-state index contributed by atoms with van der Waals surface area (Å²) < 4.78 is 0. The summed E-state index contributed by atoms with van der Waals surface area (Å²) in [5, 5.41) is 6.92. The molecule has 0 saturated carbocycles. The summed E-state index contributed by atoms with van der Waals surface area (Å²) in [5.74, 6) is 0.298. The highest BCUT2D eigenvalue weighted by Crippen LogP contribution is 2.19. The van der Waals surface area contributed by atoms with Crippen molar-refractivity contribution in [1.82, 2.24) is 40.0 Å². The van der Waals surface area contributed by atoms with Gasteiger partial charge in [-0.25, -0.2) is 0 Å². The first-order valence-electron chi connectivity index (χ1n) is 52.2. The number of carbonyl (C=O) groups is 2. The molecular formula is C106H204N8O2. The average Bonchev–Trinajstić information content (AvgIpc) is 0.876. The Morgan fingerprint density at radius 3 is 0.776 bits per heavy atom. The van der Waals surface area contributed by atoms with Gasteiger partial charge >= 0.3 is 0 Å². The molecule has 116 heavy (non-hydrogen) atoms. The molecule has 2 heterocycles. The van der Waals surface area contributed by atoms with Gasteiger partial charge in [0, 0.05) is 85.1 Å². The highest BCUT2D eigenvalue weighted by molar-refractivity contribution is 5.85. The van der Waals surface area contributed by atoms with Gasteiger partial charge in [0.25, 0.3) is 0 Å². The van der Waals surface area contributed by atoms with Crippen LogP contribution in [0.5, 0.6) is 0 Å². The minimum absolute atomic E-state index is 0.128. The molecule has 2 N–H and O–H groups in total. The molecule has 0 spiro atoms. The van der Waals surface area contributed by atoms with Crippen LogP contribution >= 0.6 is 0 Å². The zero-order chi connectivity index (χ0) is 83.3. The number of amides is 2. The van der Waals surface area contributed by atoms with Crippen molar-refractivity contribution in [3.05, 3.63) is 72.9 Å². The van der Waals surface area contributed by atoms with Crippen LogP contribution in [0.3, 0.4) is 0 Å². The van der Waals surface area contributed by atoms with Crippen molar-refractivity contribution in [3.63, 3.8) is 0 Å². The molecule has 680 valence electrons. The minimum atomic E-state index is 0.128. The van der Waals surface area contributed by atoms with Gasteiger partial charge in [-0.05, 0) is 168 Å². The number of piperazine rings is 2. The smallest absolute Gasteiger partial charge is 0.242 e. The number of hydrogen-bond donors (Lipinski definition) is 2. The first kappa shape index (κ1) is 111. The van der Waals surface area contributed by atoms with Crippen LogP contribution in [0, 0.1) is 0 Å². The quantitative estimate of drug-likeness (QED) is 0.0461. The third kappa shape index (κ3) is 80.8. The van der Waals surface area contributed by atoms with Crippen molar-refractivity contribution in [3.8, 4) is 0 Å². The molecule has 0 aromatic heterocycles. The fourth-order valence-electron chi connectivity index (χ4n) is 16.6. The number of nitrogens with one attached hydrogen (secondary N) is 2. The van der Waals surface area contributed by atoms with Crippen molar-refractivity contribution < 1.29 is 9.59 Å². The number of unbranched alkanes of at least 4 members (excludes halogenated alkanes) is 54. The molecule has 0 aliphatic carbocycles. The van der Waals surface area contributed by atoms with E-state index in [0.717, 1.165) is 91.0 Å². The zero-order valence-electron chi connectivity index (χ0n) is 79.2. The molecule has 2 fully saturated rings. The number of allylic oxidation sites excluding steroid dienone is 12. The Morgan fingerprint density at radius 1 is 0.241 bits per heavy atom. The molecular weight excluding hydrogens is 1420 g/mol. The van der Waals surface area contributed by atoms with E-state index in [1.807, 2.05) is 9.80 Å². The Bertz CT molecular complexity index is 2070. The molecule has 10 nitrogen and oxygen atoms in total. The average molecular weight is 1620 g/mol. The summed E-state index contributed by atoms with van der Waals surface area (Å²) in [6.45, 7) is 34.0. The van der Waals surface area contributed by atoms with Gasteiger partial charge in [0.2, 0.25) is 11.8 Å². The number of rotatable bonds is 88. The predicted molar refractivity (Wildman–Crippen MR) is 518 cm³/mol. The lowest BCUT2D eigenvalue weighted by Gasteiger charge is -2.32. The van der Waals surface area contributed by atoms with E-state index in [2.05, 4.69) is 145 Å². The van der Waals surface area contributed by atoms with E-state index in [4.69, 9.17) is 0 Å². The second kappa shape index (κ2) is 94.4. The normalized spacial score (nSPS) is 13.9. The summed E-state index contributed by atoms with van der Waals surface area (Å²) in [6, 6.07) is 0. The van der Waals surface area contributed by atoms with Gasteiger partial charge in [-0.15, -0.1) is 0 Å². The third-order valence-electron chi connectivity index (χ3n) is 24.6. The van der Waals surface area contributed by atoms with Crippen LogP contribution < -0.4 is 10.6 Å². The Morgan fingerprint density at radius 2 is 0.474 bits per heavy atom. The van der Waals surface area contributed by atoms with Gasteiger partial charge in [0.05, 0.1) is 13.1 Å². The van der Waals surface area contributed by atoms with E-state index in [1.165, 1.54) is 451 Å². The molecule has 2 amide bonds. The van der Waals surface area contributed by atoms with E-state index in [0.29, 0.717) is 6.54 Å².